The maximum absolute atomic E-state index is 13.8. The van der Waals surface area contributed by atoms with Crippen LogP contribution in [0.5, 0.6) is 0 Å². The molecule has 0 saturated heterocycles. The van der Waals surface area contributed by atoms with Crippen LogP contribution in [0.4, 0.5) is 4.39 Å². The highest BCUT2D eigenvalue weighted by atomic mass is 35.5. The highest BCUT2D eigenvalue weighted by Crippen LogP contribution is 2.16. The zero-order valence-corrected chi connectivity index (χ0v) is 12.5. The summed E-state index contributed by atoms with van der Waals surface area (Å²) in [5.74, 6) is -0.244. The Kier molecular flexibility index (Phi) is 8.03. The first-order chi connectivity index (χ1) is 9.17. The zero-order valence-electron chi connectivity index (χ0n) is 11.7. The van der Waals surface area contributed by atoms with Crippen LogP contribution < -0.4 is 5.32 Å². The molecular formula is C15H23ClFNO. The van der Waals surface area contributed by atoms with Gasteiger partial charge >= 0.3 is 0 Å². The minimum Gasteiger partial charge on any atom is -0.380 e. The molecule has 1 atom stereocenters. The van der Waals surface area contributed by atoms with Crippen LogP contribution in [-0.2, 0) is 11.2 Å². The Morgan fingerprint density at radius 3 is 2.74 bits per heavy atom. The molecule has 0 aliphatic carbocycles. The molecule has 1 aromatic carbocycles. The van der Waals surface area contributed by atoms with E-state index in [9.17, 15) is 4.39 Å². The van der Waals surface area contributed by atoms with Crippen LogP contribution in [0.1, 0.15) is 32.3 Å². The predicted octanol–water partition coefficient (Wildman–Crippen LogP) is 3.82. The van der Waals surface area contributed by atoms with Gasteiger partial charge in [0, 0.05) is 17.7 Å². The summed E-state index contributed by atoms with van der Waals surface area (Å²) in [5, 5.41) is 3.83. The van der Waals surface area contributed by atoms with Crippen molar-refractivity contribution in [3.8, 4) is 0 Å². The van der Waals surface area contributed by atoms with Gasteiger partial charge in [-0.2, -0.15) is 0 Å². The minimum atomic E-state index is -0.244. The third-order valence-electron chi connectivity index (χ3n) is 2.83. The van der Waals surface area contributed by atoms with Crippen LogP contribution in [0.25, 0.3) is 0 Å². The van der Waals surface area contributed by atoms with Gasteiger partial charge in [0.25, 0.3) is 0 Å². The second kappa shape index (κ2) is 9.29. The van der Waals surface area contributed by atoms with E-state index < -0.39 is 0 Å². The molecule has 0 saturated carbocycles. The predicted molar refractivity (Wildman–Crippen MR) is 78.3 cm³/mol. The molecule has 1 aromatic rings. The summed E-state index contributed by atoms with van der Waals surface area (Å²) in [6.45, 7) is 6.45. The molecule has 0 aliphatic rings. The molecule has 0 aromatic heterocycles. The number of rotatable bonds is 9. The quantitative estimate of drug-likeness (QED) is 0.697. The van der Waals surface area contributed by atoms with Gasteiger partial charge in [0.05, 0.1) is 6.61 Å². The number of ether oxygens (including phenoxy) is 1. The Hall–Kier alpha value is -0.640. The lowest BCUT2D eigenvalue weighted by Crippen LogP contribution is -2.36. The molecule has 0 aliphatic heterocycles. The van der Waals surface area contributed by atoms with E-state index in [0.29, 0.717) is 23.6 Å². The summed E-state index contributed by atoms with van der Waals surface area (Å²) in [6.07, 6.45) is 2.66. The van der Waals surface area contributed by atoms with E-state index in [1.807, 2.05) is 0 Å². The number of hydrogen-bond donors (Lipinski definition) is 1. The molecule has 0 heterocycles. The van der Waals surface area contributed by atoms with Crippen molar-refractivity contribution in [3.63, 3.8) is 0 Å². The van der Waals surface area contributed by atoms with Crippen LogP contribution in [0.2, 0.25) is 5.02 Å². The lowest BCUT2D eigenvalue weighted by Gasteiger charge is -2.19. The van der Waals surface area contributed by atoms with Gasteiger partial charge in [0.2, 0.25) is 0 Å². The van der Waals surface area contributed by atoms with Crippen molar-refractivity contribution in [2.75, 3.05) is 19.8 Å². The van der Waals surface area contributed by atoms with Crippen molar-refractivity contribution < 1.29 is 9.13 Å². The normalized spacial score (nSPS) is 12.6. The Morgan fingerprint density at radius 1 is 1.32 bits per heavy atom. The number of halogens is 2. The summed E-state index contributed by atoms with van der Waals surface area (Å²) < 4.78 is 19.3. The highest BCUT2D eigenvalue weighted by molar-refractivity contribution is 6.30. The van der Waals surface area contributed by atoms with E-state index in [-0.39, 0.29) is 11.9 Å². The largest absolute Gasteiger partial charge is 0.380 e. The van der Waals surface area contributed by atoms with Crippen LogP contribution in [-0.4, -0.2) is 25.8 Å². The Labute approximate surface area is 120 Å². The fourth-order valence-electron chi connectivity index (χ4n) is 1.86. The molecule has 2 nitrogen and oxygen atoms in total. The summed E-state index contributed by atoms with van der Waals surface area (Å²) in [4.78, 5) is 0. The van der Waals surface area contributed by atoms with Gasteiger partial charge in [-0.1, -0.05) is 31.5 Å². The smallest absolute Gasteiger partial charge is 0.127 e. The van der Waals surface area contributed by atoms with E-state index in [1.54, 1.807) is 12.1 Å². The zero-order chi connectivity index (χ0) is 14.1. The molecule has 1 N–H and O–H groups in total. The van der Waals surface area contributed by atoms with Crippen LogP contribution in [0.3, 0.4) is 0 Å². The van der Waals surface area contributed by atoms with Gasteiger partial charge < -0.3 is 10.1 Å². The van der Waals surface area contributed by atoms with Gasteiger partial charge in [-0.15, -0.1) is 0 Å². The van der Waals surface area contributed by atoms with E-state index in [1.165, 1.54) is 6.07 Å². The molecule has 0 spiro atoms. The molecule has 1 unspecified atom stereocenters. The maximum Gasteiger partial charge on any atom is 0.127 e. The standard InChI is InChI=1S/C15H23ClFNO/c1-3-7-18-14(11-19-8-4-2)9-12-5-6-13(16)10-15(12)17/h5-6,10,14,18H,3-4,7-9,11H2,1-2H3. The molecule has 0 bridgehead atoms. The summed E-state index contributed by atoms with van der Waals surface area (Å²) >= 11 is 5.76. The lowest BCUT2D eigenvalue weighted by atomic mass is 10.1. The lowest BCUT2D eigenvalue weighted by molar-refractivity contribution is 0.111. The van der Waals surface area contributed by atoms with E-state index in [4.69, 9.17) is 16.3 Å². The second-order valence-corrected chi connectivity index (χ2v) is 5.10. The Bertz CT molecular complexity index is 373. The fourth-order valence-corrected chi connectivity index (χ4v) is 2.02. The number of benzene rings is 1. The van der Waals surface area contributed by atoms with Gasteiger partial charge in [0.1, 0.15) is 5.82 Å². The van der Waals surface area contributed by atoms with Crippen LogP contribution in [0, 0.1) is 5.82 Å². The highest BCUT2D eigenvalue weighted by Gasteiger charge is 2.12. The topological polar surface area (TPSA) is 21.3 Å². The monoisotopic (exact) mass is 287 g/mol. The van der Waals surface area contributed by atoms with Crippen molar-refractivity contribution in [3.05, 3.63) is 34.6 Å². The van der Waals surface area contributed by atoms with Crippen LogP contribution >= 0.6 is 11.6 Å². The van der Waals surface area contributed by atoms with E-state index >= 15 is 0 Å². The second-order valence-electron chi connectivity index (χ2n) is 4.67. The average Bonchev–Trinajstić information content (AvgIpc) is 2.39. The van der Waals surface area contributed by atoms with Gasteiger partial charge in [-0.3, -0.25) is 0 Å². The fraction of sp³-hybridized carbons (Fsp3) is 0.600. The molecule has 1 rings (SSSR count). The number of nitrogens with one attached hydrogen (secondary N) is 1. The molecule has 0 amide bonds. The SMILES string of the molecule is CCCNC(COCCC)Cc1ccc(Cl)cc1F. The first-order valence-corrected chi connectivity index (χ1v) is 7.30. The summed E-state index contributed by atoms with van der Waals surface area (Å²) in [6, 6.07) is 4.98. The van der Waals surface area contributed by atoms with Gasteiger partial charge in [0.15, 0.2) is 0 Å². The summed E-state index contributed by atoms with van der Waals surface area (Å²) in [7, 11) is 0. The van der Waals surface area contributed by atoms with Crippen molar-refractivity contribution in [1.82, 2.24) is 5.32 Å². The first kappa shape index (κ1) is 16.4. The van der Waals surface area contributed by atoms with Gasteiger partial charge in [-0.05, 0) is 43.5 Å². The van der Waals surface area contributed by atoms with Crippen molar-refractivity contribution in [1.29, 1.82) is 0 Å². The van der Waals surface area contributed by atoms with Crippen molar-refractivity contribution >= 4 is 11.6 Å². The molecule has 108 valence electrons. The maximum atomic E-state index is 13.8. The Morgan fingerprint density at radius 2 is 2.11 bits per heavy atom. The molecule has 0 radical (unpaired) electrons. The van der Waals surface area contributed by atoms with Crippen LogP contribution in [0.15, 0.2) is 18.2 Å². The third kappa shape index (κ3) is 6.37. The van der Waals surface area contributed by atoms with Crippen molar-refractivity contribution in [2.45, 2.75) is 39.2 Å². The number of hydrogen-bond acceptors (Lipinski definition) is 2. The molecule has 4 heteroatoms. The molecular weight excluding hydrogens is 265 g/mol. The third-order valence-corrected chi connectivity index (χ3v) is 3.07. The Balaban J connectivity index is 2.58. The molecule has 0 fully saturated rings. The minimum absolute atomic E-state index is 0.141. The van der Waals surface area contributed by atoms with E-state index in [0.717, 1.165) is 26.0 Å². The molecule has 19 heavy (non-hydrogen) atoms. The van der Waals surface area contributed by atoms with Crippen molar-refractivity contribution in [2.24, 2.45) is 0 Å². The van der Waals surface area contributed by atoms with Gasteiger partial charge in [-0.25, -0.2) is 4.39 Å². The first-order valence-electron chi connectivity index (χ1n) is 6.92. The summed E-state index contributed by atoms with van der Waals surface area (Å²) in [5.41, 5.74) is 0.679. The average molecular weight is 288 g/mol. The van der Waals surface area contributed by atoms with E-state index in [2.05, 4.69) is 19.2 Å².